The zero-order valence-corrected chi connectivity index (χ0v) is 12.4. The maximum absolute atomic E-state index is 11.0. The van der Waals surface area contributed by atoms with Gasteiger partial charge in [-0.15, -0.1) is 0 Å². The Bertz CT molecular complexity index is 625. The Labute approximate surface area is 125 Å². The van der Waals surface area contributed by atoms with Gasteiger partial charge in [0, 0.05) is 11.6 Å². The second kappa shape index (κ2) is 6.54. The number of aromatic carboxylic acids is 1. The Morgan fingerprint density at radius 3 is 2.70 bits per heavy atom. The first kappa shape index (κ1) is 14.6. The van der Waals surface area contributed by atoms with Gasteiger partial charge < -0.3 is 14.6 Å². The molecular formula is C15H13BrO4. The fourth-order valence-electron chi connectivity index (χ4n) is 1.75. The Kier molecular flexibility index (Phi) is 4.76. The number of methoxy groups -OCH3 is 1. The van der Waals surface area contributed by atoms with Crippen molar-refractivity contribution < 1.29 is 19.4 Å². The van der Waals surface area contributed by atoms with Crippen LogP contribution in [0, 0.1) is 0 Å². The van der Waals surface area contributed by atoms with Crippen molar-refractivity contribution in [1.82, 2.24) is 0 Å². The number of benzene rings is 2. The highest BCUT2D eigenvalue weighted by Crippen LogP contribution is 2.27. The maximum atomic E-state index is 11.0. The molecule has 1 N–H and O–H groups in total. The van der Waals surface area contributed by atoms with Crippen LogP contribution in [0.1, 0.15) is 15.9 Å². The van der Waals surface area contributed by atoms with Crippen molar-refractivity contribution in [3.8, 4) is 11.5 Å². The molecule has 0 atom stereocenters. The molecule has 0 saturated heterocycles. The second-order valence-corrected chi connectivity index (χ2v) is 5.08. The summed E-state index contributed by atoms with van der Waals surface area (Å²) in [6.45, 7) is 0.496. The number of ether oxygens (including phenoxy) is 2. The van der Waals surface area contributed by atoms with Gasteiger partial charge in [-0.2, -0.15) is 0 Å². The highest BCUT2D eigenvalue weighted by atomic mass is 79.9. The van der Waals surface area contributed by atoms with Gasteiger partial charge in [-0.3, -0.25) is 0 Å². The van der Waals surface area contributed by atoms with Crippen LogP contribution in [0.25, 0.3) is 0 Å². The minimum Gasteiger partial charge on any atom is -0.478 e. The van der Waals surface area contributed by atoms with E-state index in [1.165, 1.54) is 12.1 Å². The van der Waals surface area contributed by atoms with Crippen LogP contribution < -0.4 is 4.74 Å². The summed E-state index contributed by atoms with van der Waals surface area (Å²) in [7, 11) is 1.63. The summed E-state index contributed by atoms with van der Waals surface area (Å²) in [5, 5.41) is 9.02. The zero-order valence-electron chi connectivity index (χ0n) is 10.8. The number of hydrogen-bond donors (Lipinski definition) is 1. The normalized spacial score (nSPS) is 10.3. The average Bonchev–Trinajstić information content (AvgIpc) is 2.38. The van der Waals surface area contributed by atoms with Crippen LogP contribution in [-0.2, 0) is 11.3 Å². The molecule has 0 aliphatic carbocycles. The molecule has 0 spiro atoms. The smallest absolute Gasteiger partial charge is 0.335 e. The molecule has 0 aliphatic heterocycles. The molecule has 0 aromatic heterocycles. The summed E-state index contributed by atoms with van der Waals surface area (Å²) in [6, 6.07) is 12.2. The minimum atomic E-state index is -0.996. The molecule has 0 aliphatic rings. The standard InChI is InChI=1S/C15H13BrO4/c1-19-9-10-3-2-4-13(5-10)20-14-7-11(15(17)18)6-12(16)8-14/h2-8H,9H2,1H3,(H,17,18). The summed E-state index contributed by atoms with van der Waals surface area (Å²) in [5.41, 5.74) is 1.15. The van der Waals surface area contributed by atoms with Crippen molar-refractivity contribution in [2.75, 3.05) is 7.11 Å². The number of carboxylic acids is 1. The predicted octanol–water partition coefficient (Wildman–Crippen LogP) is 4.09. The van der Waals surface area contributed by atoms with Crippen molar-refractivity contribution in [1.29, 1.82) is 0 Å². The van der Waals surface area contributed by atoms with Crippen LogP contribution in [0.3, 0.4) is 0 Å². The topological polar surface area (TPSA) is 55.8 Å². The molecule has 0 fully saturated rings. The summed E-state index contributed by atoms with van der Waals surface area (Å²) in [6.07, 6.45) is 0. The molecule has 2 aromatic carbocycles. The maximum Gasteiger partial charge on any atom is 0.335 e. The molecule has 0 radical (unpaired) electrons. The minimum absolute atomic E-state index is 0.169. The summed E-state index contributed by atoms with van der Waals surface area (Å²) in [4.78, 5) is 11.0. The first-order valence-corrected chi connectivity index (χ1v) is 6.67. The Balaban J connectivity index is 2.25. The molecule has 2 aromatic rings. The second-order valence-electron chi connectivity index (χ2n) is 4.16. The van der Waals surface area contributed by atoms with Crippen LogP contribution in [0.5, 0.6) is 11.5 Å². The first-order chi connectivity index (χ1) is 9.58. The van der Waals surface area contributed by atoms with Gasteiger partial charge in [0.2, 0.25) is 0 Å². The Hall–Kier alpha value is -1.85. The highest BCUT2D eigenvalue weighted by Gasteiger charge is 2.08. The number of carboxylic acid groups (broad SMARTS) is 1. The van der Waals surface area contributed by atoms with Crippen molar-refractivity contribution in [2.24, 2.45) is 0 Å². The molecule has 0 amide bonds. The van der Waals surface area contributed by atoms with Gasteiger partial charge in [0.15, 0.2) is 0 Å². The lowest BCUT2D eigenvalue weighted by Crippen LogP contribution is -1.97. The molecule has 5 heteroatoms. The number of halogens is 1. The van der Waals surface area contributed by atoms with Gasteiger partial charge in [0.25, 0.3) is 0 Å². The molecule has 0 unspecified atom stereocenters. The van der Waals surface area contributed by atoms with Crippen LogP contribution in [0.2, 0.25) is 0 Å². The van der Waals surface area contributed by atoms with E-state index in [1.807, 2.05) is 18.2 Å². The van der Waals surface area contributed by atoms with E-state index >= 15 is 0 Å². The van der Waals surface area contributed by atoms with Gasteiger partial charge in [0.05, 0.1) is 12.2 Å². The van der Waals surface area contributed by atoms with E-state index in [0.717, 1.165) is 5.56 Å². The molecule has 0 bridgehead atoms. The monoisotopic (exact) mass is 336 g/mol. The van der Waals surface area contributed by atoms with E-state index in [4.69, 9.17) is 14.6 Å². The molecule has 0 heterocycles. The molecule has 104 valence electrons. The lowest BCUT2D eigenvalue weighted by molar-refractivity contribution is 0.0696. The predicted molar refractivity (Wildman–Crippen MR) is 78.3 cm³/mol. The van der Waals surface area contributed by atoms with Crippen molar-refractivity contribution in [2.45, 2.75) is 6.61 Å². The molecule has 0 saturated carbocycles. The first-order valence-electron chi connectivity index (χ1n) is 5.88. The van der Waals surface area contributed by atoms with Gasteiger partial charge in [-0.05, 0) is 35.9 Å². The quantitative estimate of drug-likeness (QED) is 0.893. The largest absolute Gasteiger partial charge is 0.478 e. The summed E-state index contributed by atoms with van der Waals surface area (Å²) in [5.74, 6) is 0.101. The van der Waals surface area contributed by atoms with Crippen LogP contribution >= 0.6 is 15.9 Å². The fraction of sp³-hybridized carbons (Fsp3) is 0.133. The van der Waals surface area contributed by atoms with E-state index in [0.29, 0.717) is 22.6 Å². The van der Waals surface area contributed by atoms with E-state index in [9.17, 15) is 4.79 Å². The lowest BCUT2D eigenvalue weighted by Gasteiger charge is -2.09. The van der Waals surface area contributed by atoms with Gasteiger partial charge in [-0.25, -0.2) is 4.79 Å². The molecule has 4 nitrogen and oxygen atoms in total. The van der Waals surface area contributed by atoms with Crippen LogP contribution in [-0.4, -0.2) is 18.2 Å². The van der Waals surface area contributed by atoms with Crippen molar-refractivity contribution in [3.63, 3.8) is 0 Å². The molecule has 20 heavy (non-hydrogen) atoms. The lowest BCUT2D eigenvalue weighted by atomic mass is 10.2. The Morgan fingerprint density at radius 1 is 1.20 bits per heavy atom. The third kappa shape index (κ3) is 3.82. The average molecular weight is 337 g/mol. The van der Waals surface area contributed by atoms with E-state index in [1.54, 1.807) is 19.2 Å². The SMILES string of the molecule is COCc1cccc(Oc2cc(Br)cc(C(=O)O)c2)c1. The summed E-state index contributed by atoms with van der Waals surface area (Å²) >= 11 is 3.27. The van der Waals surface area contributed by atoms with Crippen molar-refractivity contribution in [3.05, 3.63) is 58.1 Å². The van der Waals surface area contributed by atoms with E-state index in [-0.39, 0.29) is 5.56 Å². The highest BCUT2D eigenvalue weighted by molar-refractivity contribution is 9.10. The Morgan fingerprint density at radius 2 is 2.00 bits per heavy atom. The third-order valence-electron chi connectivity index (χ3n) is 2.56. The number of carbonyl (C=O) groups is 1. The van der Waals surface area contributed by atoms with Crippen LogP contribution in [0.15, 0.2) is 46.9 Å². The molecule has 2 rings (SSSR count). The van der Waals surface area contributed by atoms with Gasteiger partial charge in [0.1, 0.15) is 11.5 Å². The fourth-order valence-corrected chi connectivity index (χ4v) is 2.22. The van der Waals surface area contributed by atoms with E-state index < -0.39 is 5.97 Å². The zero-order chi connectivity index (χ0) is 14.5. The van der Waals surface area contributed by atoms with E-state index in [2.05, 4.69) is 15.9 Å². The van der Waals surface area contributed by atoms with Crippen molar-refractivity contribution >= 4 is 21.9 Å². The summed E-state index contributed by atoms with van der Waals surface area (Å²) < 4.78 is 11.4. The van der Waals surface area contributed by atoms with Gasteiger partial charge in [-0.1, -0.05) is 28.1 Å². The number of rotatable bonds is 5. The van der Waals surface area contributed by atoms with Crippen LogP contribution in [0.4, 0.5) is 0 Å². The van der Waals surface area contributed by atoms with Gasteiger partial charge >= 0.3 is 5.97 Å². The number of hydrogen-bond acceptors (Lipinski definition) is 3. The molecular weight excluding hydrogens is 324 g/mol. The third-order valence-corrected chi connectivity index (χ3v) is 3.02.